The third kappa shape index (κ3) is 5.02. The molecule has 2 aromatic carbocycles. The fourth-order valence-corrected chi connectivity index (χ4v) is 4.79. The number of hydrogen-bond acceptors (Lipinski definition) is 5. The Bertz CT molecular complexity index is 1150. The molecule has 146 valence electrons. The van der Waals surface area contributed by atoms with Crippen molar-refractivity contribution >= 4 is 45.6 Å². The van der Waals surface area contributed by atoms with Crippen LogP contribution in [0.3, 0.4) is 0 Å². The van der Waals surface area contributed by atoms with Crippen LogP contribution in [0.25, 0.3) is 10.9 Å². The number of fused-ring (bicyclic) bond motifs is 1. The van der Waals surface area contributed by atoms with Gasteiger partial charge in [0.05, 0.1) is 23.3 Å². The van der Waals surface area contributed by atoms with E-state index < -0.39 is 0 Å². The van der Waals surface area contributed by atoms with Crippen molar-refractivity contribution in [2.24, 2.45) is 0 Å². The zero-order valence-corrected chi connectivity index (χ0v) is 17.9. The molecule has 0 aliphatic rings. The molecule has 1 N–H and O–H groups in total. The number of carbonyl (C=O) groups excluding carboxylic acids is 1. The number of nitrogens with one attached hydrogen (secondary N) is 1. The van der Waals surface area contributed by atoms with Crippen LogP contribution in [-0.2, 0) is 17.0 Å². The lowest BCUT2D eigenvalue weighted by Gasteiger charge is -2.08. The van der Waals surface area contributed by atoms with Crippen molar-refractivity contribution in [1.29, 1.82) is 0 Å². The maximum absolute atomic E-state index is 12.5. The Hall–Kier alpha value is -2.70. The minimum absolute atomic E-state index is 0.0709. The van der Waals surface area contributed by atoms with Gasteiger partial charge < -0.3 is 5.32 Å². The van der Waals surface area contributed by atoms with Crippen LogP contribution in [0.15, 0.2) is 64.3 Å². The van der Waals surface area contributed by atoms with Gasteiger partial charge in [-0.05, 0) is 43.7 Å². The molecular formula is C23H21N3OS2. The second kappa shape index (κ2) is 8.76. The predicted octanol–water partition coefficient (Wildman–Crippen LogP) is 5.78. The number of rotatable bonds is 6. The highest BCUT2D eigenvalue weighted by Gasteiger charge is 2.11. The van der Waals surface area contributed by atoms with Gasteiger partial charge in [-0.15, -0.1) is 11.3 Å². The molecule has 0 bridgehead atoms. The number of nitrogens with zero attached hydrogens (tertiary/aromatic N) is 2. The van der Waals surface area contributed by atoms with Crippen molar-refractivity contribution in [2.75, 3.05) is 5.32 Å². The summed E-state index contributed by atoms with van der Waals surface area (Å²) in [7, 11) is 0. The van der Waals surface area contributed by atoms with E-state index in [1.54, 1.807) is 23.1 Å². The summed E-state index contributed by atoms with van der Waals surface area (Å²) in [6.07, 6.45) is 0.261. The molecule has 0 aliphatic carbocycles. The highest BCUT2D eigenvalue weighted by Crippen LogP contribution is 2.27. The van der Waals surface area contributed by atoms with E-state index >= 15 is 0 Å². The Morgan fingerprint density at radius 3 is 2.69 bits per heavy atom. The van der Waals surface area contributed by atoms with Crippen LogP contribution in [0.1, 0.15) is 22.5 Å². The van der Waals surface area contributed by atoms with Crippen molar-refractivity contribution < 1.29 is 4.79 Å². The lowest BCUT2D eigenvalue weighted by atomic mass is 10.1. The fraction of sp³-hybridized carbons (Fsp3) is 0.174. The molecule has 2 aromatic heterocycles. The number of anilines is 1. The Balaban J connectivity index is 1.37. The SMILES string of the molecule is Cc1ccc(CSc2nc(CC(=O)Nc3cccc4nc(C)ccc34)cs2)cc1. The number of carbonyl (C=O) groups is 1. The second-order valence-electron chi connectivity index (χ2n) is 6.93. The highest BCUT2D eigenvalue weighted by molar-refractivity contribution is 8.00. The molecule has 0 saturated carbocycles. The van der Waals surface area contributed by atoms with Gasteiger partial charge in [0, 0.05) is 22.2 Å². The topological polar surface area (TPSA) is 54.9 Å². The lowest BCUT2D eigenvalue weighted by molar-refractivity contribution is -0.115. The molecular weight excluding hydrogens is 398 g/mol. The first kappa shape index (κ1) is 19.6. The number of hydrogen-bond donors (Lipinski definition) is 1. The molecule has 0 radical (unpaired) electrons. The van der Waals surface area contributed by atoms with Crippen LogP contribution >= 0.6 is 23.1 Å². The molecule has 1 amide bonds. The molecule has 2 heterocycles. The Morgan fingerprint density at radius 2 is 1.86 bits per heavy atom. The van der Waals surface area contributed by atoms with Crippen LogP contribution in [0.2, 0.25) is 0 Å². The first-order valence-electron chi connectivity index (χ1n) is 9.36. The zero-order chi connectivity index (χ0) is 20.2. The molecule has 29 heavy (non-hydrogen) atoms. The number of aromatic nitrogens is 2. The number of thioether (sulfide) groups is 1. The summed E-state index contributed by atoms with van der Waals surface area (Å²) in [5.74, 6) is 0.806. The van der Waals surface area contributed by atoms with Gasteiger partial charge in [-0.25, -0.2) is 4.98 Å². The molecule has 0 saturated heterocycles. The summed E-state index contributed by atoms with van der Waals surface area (Å²) in [5, 5.41) is 5.91. The van der Waals surface area contributed by atoms with Gasteiger partial charge in [-0.2, -0.15) is 0 Å². The van der Waals surface area contributed by atoms with Crippen molar-refractivity contribution in [3.05, 3.63) is 82.5 Å². The van der Waals surface area contributed by atoms with E-state index in [1.165, 1.54) is 11.1 Å². The molecule has 6 heteroatoms. The number of amides is 1. The van der Waals surface area contributed by atoms with Crippen LogP contribution in [0, 0.1) is 13.8 Å². The van der Waals surface area contributed by atoms with Crippen LogP contribution in [0.4, 0.5) is 5.69 Å². The Morgan fingerprint density at radius 1 is 1.03 bits per heavy atom. The molecule has 4 aromatic rings. The number of aryl methyl sites for hydroxylation is 2. The number of benzene rings is 2. The maximum Gasteiger partial charge on any atom is 0.230 e. The average Bonchev–Trinajstić information content (AvgIpc) is 3.14. The normalized spacial score (nSPS) is 11.0. The van der Waals surface area contributed by atoms with Gasteiger partial charge in [0.25, 0.3) is 0 Å². The molecule has 0 fully saturated rings. The summed E-state index contributed by atoms with van der Waals surface area (Å²) >= 11 is 3.29. The highest BCUT2D eigenvalue weighted by atomic mass is 32.2. The van der Waals surface area contributed by atoms with Crippen molar-refractivity contribution in [1.82, 2.24) is 9.97 Å². The summed E-state index contributed by atoms with van der Waals surface area (Å²) in [6.45, 7) is 4.05. The Kier molecular flexibility index (Phi) is 5.92. The lowest BCUT2D eigenvalue weighted by Crippen LogP contribution is -2.14. The van der Waals surface area contributed by atoms with Crippen LogP contribution in [-0.4, -0.2) is 15.9 Å². The van der Waals surface area contributed by atoms with Gasteiger partial charge in [0.1, 0.15) is 4.34 Å². The van der Waals surface area contributed by atoms with E-state index in [-0.39, 0.29) is 12.3 Å². The minimum atomic E-state index is -0.0709. The molecule has 0 unspecified atom stereocenters. The van der Waals surface area contributed by atoms with Crippen LogP contribution in [0.5, 0.6) is 0 Å². The average molecular weight is 420 g/mol. The first-order chi connectivity index (χ1) is 14.1. The molecule has 4 nitrogen and oxygen atoms in total. The van der Waals surface area contributed by atoms with E-state index in [1.807, 2.05) is 42.6 Å². The monoisotopic (exact) mass is 419 g/mol. The van der Waals surface area contributed by atoms with Gasteiger partial charge in [-0.3, -0.25) is 9.78 Å². The quantitative estimate of drug-likeness (QED) is 0.402. The third-order valence-electron chi connectivity index (χ3n) is 4.50. The fourth-order valence-electron chi connectivity index (χ4n) is 2.99. The summed E-state index contributed by atoms with van der Waals surface area (Å²) in [5.41, 5.74) is 5.95. The summed E-state index contributed by atoms with van der Waals surface area (Å²) in [6, 6.07) is 18.3. The van der Waals surface area contributed by atoms with E-state index in [2.05, 4.69) is 46.5 Å². The number of thiazole rings is 1. The predicted molar refractivity (Wildman–Crippen MR) is 122 cm³/mol. The summed E-state index contributed by atoms with van der Waals surface area (Å²) < 4.78 is 0.984. The van der Waals surface area contributed by atoms with Crippen molar-refractivity contribution in [3.8, 4) is 0 Å². The Labute approximate surface area is 178 Å². The summed E-state index contributed by atoms with van der Waals surface area (Å²) in [4.78, 5) is 21.7. The van der Waals surface area contributed by atoms with E-state index in [0.717, 1.165) is 38.1 Å². The largest absolute Gasteiger partial charge is 0.325 e. The molecule has 0 atom stereocenters. The van der Waals surface area contributed by atoms with Gasteiger partial charge >= 0.3 is 0 Å². The molecule has 0 aliphatic heterocycles. The zero-order valence-electron chi connectivity index (χ0n) is 16.3. The maximum atomic E-state index is 12.5. The van der Waals surface area contributed by atoms with Crippen LogP contribution < -0.4 is 5.32 Å². The van der Waals surface area contributed by atoms with Crippen molar-refractivity contribution in [3.63, 3.8) is 0 Å². The smallest absolute Gasteiger partial charge is 0.230 e. The van der Waals surface area contributed by atoms with Gasteiger partial charge in [0.15, 0.2) is 0 Å². The van der Waals surface area contributed by atoms with E-state index in [9.17, 15) is 4.79 Å². The standard InChI is InChI=1S/C23H21N3OS2/c1-15-6-9-17(10-7-15)13-28-23-25-18(14-29-23)12-22(27)26-21-5-3-4-20-19(21)11-8-16(2)24-20/h3-11,14H,12-13H2,1-2H3,(H,26,27). The minimum Gasteiger partial charge on any atom is -0.325 e. The third-order valence-corrected chi connectivity index (χ3v) is 6.64. The van der Waals surface area contributed by atoms with E-state index in [4.69, 9.17) is 0 Å². The van der Waals surface area contributed by atoms with Gasteiger partial charge in [-0.1, -0.05) is 47.7 Å². The molecule has 4 rings (SSSR count). The second-order valence-corrected chi connectivity index (χ2v) is 9.01. The van der Waals surface area contributed by atoms with E-state index in [0.29, 0.717) is 0 Å². The van der Waals surface area contributed by atoms with Crippen molar-refractivity contribution in [2.45, 2.75) is 30.4 Å². The van der Waals surface area contributed by atoms with Gasteiger partial charge in [0.2, 0.25) is 5.91 Å². The first-order valence-corrected chi connectivity index (χ1v) is 11.2. The molecule has 0 spiro atoms. The number of pyridine rings is 1.